The molecule has 3 aromatic rings. The summed E-state index contributed by atoms with van der Waals surface area (Å²) in [7, 11) is -1.51. The van der Waals surface area contributed by atoms with Crippen molar-refractivity contribution in [2.75, 3.05) is 6.61 Å². The van der Waals surface area contributed by atoms with Gasteiger partial charge in [-0.1, -0.05) is 30.3 Å². The van der Waals surface area contributed by atoms with Gasteiger partial charge in [-0.05, 0) is 90.4 Å². The Morgan fingerprint density at radius 2 is 1.67 bits per heavy atom. The number of hydrogen-bond donors (Lipinski definition) is 2. The Morgan fingerprint density at radius 3 is 2.31 bits per heavy atom. The first-order chi connectivity index (χ1) is 17.3. The van der Waals surface area contributed by atoms with Crippen molar-refractivity contribution in [1.29, 1.82) is 0 Å². The van der Waals surface area contributed by atoms with Gasteiger partial charge in [0.25, 0.3) is 5.91 Å². The number of amides is 1. The van der Waals surface area contributed by atoms with Crippen LogP contribution in [0.1, 0.15) is 41.5 Å². The molecule has 1 atom stereocenters. The third kappa shape index (κ3) is 5.53. The van der Waals surface area contributed by atoms with E-state index in [-0.39, 0.29) is 5.91 Å². The predicted molar refractivity (Wildman–Crippen MR) is 141 cm³/mol. The van der Waals surface area contributed by atoms with Crippen LogP contribution in [0, 0.1) is 13.8 Å². The fourth-order valence-electron chi connectivity index (χ4n) is 4.45. The van der Waals surface area contributed by atoms with Crippen molar-refractivity contribution in [1.82, 2.24) is 4.72 Å². The van der Waals surface area contributed by atoms with Crippen LogP contribution in [0.25, 0.3) is 16.0 Å². The molecule has 2 N–H and O–H groups in total. The van der Waals surface area contributed by atoms with E-state index < -0.39 is 16.6 Å². The van der Waals surface area contributed by atoms with Gasteiger partial charge in [-0.3, -0.25) is 9.52 Å². The second-order valence-corrected chi connectivity index (χ2v) is 10.7. The zero-order valence-corrected chi connectivity index (χ0v) is 21.2. The van der Waals surface area contributed by atoms with Crippen molar-refractivity contribution >= 4 is 21.8 Å². The summed E-state index contributed by atoms with van der Waals surface area (Å²) in [5.41, 5.74) is 5.83. The van der Waals surface area contributed by atoms with Gasteiger partial charge in [0, 0.05) is 12.5 Å². The van der Waals surface area contributed by atoms with Crippen molar-refractivity contribution < 1.29 is 23.6 Å². The number of aliphatic hydroxyl groups is 1. The molecule has 1 aliphatic heterocycles. The molecule has 1 aliphatic carbocycles. The topological polar surface area (TPSA) is 84.9 Å². The highest BCUT2D eigenvalue weighted by atomic mass is 32.2. The third-order valence-electron chi connectivity index (χ3n) is 6.58. The Balaban J connectivity index is 1.24. The summed E-state index contributed by atoms with van der Waals surface area (Å²) in [6, 6.07) is 19.6. The Kier molecular flexibility index (Phi) is 6.69. The fourth-order valence-corrected chi connectivity index (χ4v) is 5.37. The third-order valence-corrected chi connectivity index (χ3v) is 7.72. The molecule has 0 bridgehead atoms. The molecule has 5 rings (SSSR count). The normalized spacial score (nSPS) is 17.9. The van der Waals surface area contributed by atoms with Crippen molar-refractivity contribution in [3.8, 4) is 22.6 Å². The number of nitrogens with one attached hydrogen (secondary N) is 1. The maximum absolute atomic E-state index is 11.9. The van der Waals surface area contributed by atoms with Crippen LogP contribution in [0.5, 0.6) is 11.5 Å². The molecule has 1 fully saturated rings. The fraction of sp³-hybridized carbons (Fsp3) is 0.276. The number of aryl methyl sites for hydroxylation is 2. The molecule has 7 heteroatoms. The first kappa shape index (κ1) is 24.3. The Bertz CT molecular complexity index is 1340. The average Bonchev–Trinajstić information content (AvgIpc) is 3.48. The van der Waals surface area contributed by atoms with Gasteiger partial charge in [0.05, 0.1) is 17.1 Å². The molecule has 1 saturated carbocycles. The molecule has 1 heterocycles. The average molecular weight is 504 g/mol. The molecule has 1 amide bonds. The highest BCUT2D eigenvalue weighted by Crippen LogP contribution is 2.38. The molecule has 0 saturated heterocycles. The Labute approximate surface area is 213 Å². The molecule has 186 valence electrons. The van der Waals surface area contributed by atoms with Crippen molar-refractivity contribution in [2.45, 2.75) is 45.3 Å². The number of rotatable bonds is 9. The number of carbonyl (C=O) groups excluding carboxylic acids is 1. The summed E-state index contributed by atoms with van der Waals surface area (Å²) in [5, 5.41) is 10.0. The van der Waals surface area contributed by atoms with Gasteiger partial charge in [-0.15, -0.1) is 0 Å². The smallest absolute Gasteiger partial charge is 0.257 e. The van der Waals surface area contributed by atoms with Crippen molar-refractivity contribution in [3.63, 3.8) is 0 Å². The molecule has 0 radical (unpaired) electrons. The van der Waals surface area contributed by atoms with Crippen LogP contribution < -0.4 is 14.2 Å². The quantitative estimate of drug-likeness (QED) is 0.430. The minimum atomic E-state index is -1.51. The summed E-state index contributed by atoms with van der Waals surface area (Å²) >= 11 is 0. The van der Waals surface area contributed by atoms with E-state index in [4.69, 9.17) is 9.47 Å². The SMILES string of the molecule is Cc1cc(OCCC2(O)CC2)cc(C)c1-c1cccc(COc2ccc(C3=CC(=O)NS3=O)cc2)c1. The number of hydrogen-bond acceptors (Lipinski definition) is 5. The molecule has 6 nitrogen and oxygen atoms in total. The largest absolute Gasteiger partial charge is 0.493 e. The molecule has 2 aliphatic rings. The van der Waals surface area contributed by atoms with Gasteiger partial charge >= 0.3 is 0 Å². The van der Waals surface area contributed by atoms with Crippen LogP contribution in [0.15, 0.2) is 66.7 Å². The van der Waals surface area contributed by atoms with E-state index in [9.17, 15) is 14.1 Å². The van der Waals surface area contributed by atoms with Crippen LogP contribution in [-0.4, -0.2) is 27.4 Å². The van der Waals surface area contributed by atoms with Crippen LogP contribution in [0.3, 0.4) is 0 Å². The summed E-state index contributed by atoms with van der Waals surface area (Å²) in [6.45, 7) is 5.10. The maximum atomic E-state index is 11.9. The van der Waals surface area contributed by atoms with Crippen LogP contribution in [-0.2, 0) is 22.4 Å². The zero-order valence-electron chi connectivity index (χ0n) is 20.4. The lowest BCUT2D eigenvalue weighted by atomic mass is 9.94. The minimum absolute atomic E-state index is 0.343. The standard InChI is InChI=1S/C29H29NO5S/c1-19-14-25(34-13-12-29(32)10-11-29)15-20(2)28(19)23-5-3-4-21(16-23)18-35-24-8-6-22(7-9-24)26-17-27(31)30-36(26)33/h3-9,14-17,32H,10-13,18H2,1-2H3,(H,30,31). The van der Waals surface area contributed by atoms with E-state index in [1.165, 1.54) is 11.6 Å². The lowest BCUT2D eigenvalue weighted by Gasteiger charge is -2.16. The summed E-state index contributed by atoms with van der Waals surface area (Å²) in [5.74, 6) is 1.18. The van der Waals surface area contributed by atoms with Crippen LogP contribution >= 0.6 is 0 Å². The summed E-state index contributed by atoms with van der Waals surface area (Å²) < 4.78 is 26.2. The summed E-state index contributed by atoms with van der Waals surface area (Å²) in [4.78, 5) is 11.9. The first-order valence-electron chi connectivity index (χ1n) is 12.0. The maximum Gasteiger partial charge on any atom is 0.257 e. The van der Waals surface area contributed by atoms with Gasteiger partial charge < -0.3 is 14.6 Å². The molecular weight excluding hydrogens is 474 g/mol. The number of carbonyl (C=O) groups is 1. The monoisotopic (exact) mass is 503 g/mol. The van der Waals surface area contributed by atoms with Gasteiger partial charge in [-0.25, -0.2) is 4.21 Å². The van der Waals surface area contributed by atoms with Gasteiger partial charge in [0.15, 0.2) is 11.0 Å². The predicted octanol–water partition coefficient (Wildman–Crippen LogP) is 4.98. The second kappa shape index (κ2) is 9.91. The van der Waals surface area contributed by atoms with Crippen molar-refractivity contribution in [3.05, 3.63) is 89.0 Å². The molecule has 0 aromatic heterocycles. The van der Waals surface area contributed by atoms with Gasteiger partial charge in [0.2, 0.25) is 0 Å². The summed E-state index contributed by atoms with van der Waals surface area (Å²) in [6.07, 6.45) is 3.78. The van der Waals surface area contributed by atoms with Gasteiger partial charge in [0.1, 0.15) is 18.1 Å². The zero-order chi connectivity index (χ0) is 25.3. The Hall–Kier alpha value is -3.42. The van der Waals surface area contributed by atoms with Crippen LogP contribution in [0.4, 0.5) is 0 Å². The highest BCUT2D eigenvalue weighted by Gasteiger charge is 2.39. The number of benzene rings is 3. The number of ether oxygens (including phenoxy) is 2. The minimum Gasteiger partial charge on any atom is -0.493 e. The lowest BCUT2D eigenvalue weighted by Crippen LogP contribution is -2.16. The van der Waals surface area contributed by atoms with Gasteiger partial charge in [-0.2, -0.15) is 0 Å². The van der Waals surface area contributed by atoms with E-state index in [1.54, 1.807) is 12.1 Å². The van der Waals surface area contributed by atoms with E-state index in [1.807, 2.05) is 24.3 Å². The second-order valence-electron chi connectivity index (χ2n) is 9.51. The van der Waals surface area contributed by atoms with Crippen molar-refractivity contribution in [2.24, 2.45) is 0 Å². The molecule has 36 heavy (non-hydrogen) atoms. The molecule has 0 spiro atoms. The van der Waals surface area contributed by atoms with E-state index in [2.05, 4.69) is 42.8 Å². The lowest BCUT2D eigenvalue weighted by molar-refractivity contribution is -0.114. The molecule has 1 unspecified atom stereocenters. The van der Waals surface area contributed by atoms with E-state index >= 15 is 0 Å². The molecular formula is C29H29NO5S. The van der Waals surface area contributed by atoms with E-state index in [0.717, 1.165) is 46.4 Å². The van der Waals surface area contributed by atoms with Crippen LogP contribution in [0.2, 0.25) is 0 Å². The molecule has 3 aromatic carbocycles. The van der Waals surface area contributed by atoms with E-state index in [0.29, 0.717) is 30.3 Å². The first-order valence-corrected chi connectivity index (χ1v) is 13.2. The highest BCUT2D eigenvalue weighted by molar-refractivity contribution is 7.93. The Morgan fingerprint density at radius 1 is 0.944 bits per heavy atom.